The van der Waals surface area contributed by atoms with Crippen LogP contribution in [0.3, 0.4) is 0 Å². The van der Waals surface area contributed by atoms with E-state index in [4.69, 9.17) is 4.42 Å². The molecule has 52 valence electrons. The summed E-state index contributed by atoms with van der Waals surface area (Å²) < 4.78 is 5.41. The van der Waals surface area contributed by atoms with E-state index < -0.39 is 0 Å². The van der Waals surface area contributed by atoms with Crippen LogP contribution in [0, 0.1) is 13.8 Å². The molecule has 2 aromatic rings. The van der Waals surface area contributed by atoms with Crippen LogP contribution in [0.15, 0.2) is 16.5 Å². The molecule has 0 saturated carbocycles. The van der Waals surface area contributed by atoms with Gasteiger partial charge in [-0.05, 0) is 26.0 Å². The Kier molecular flexibility index (Phi) is 1.11. The third-order valence-electron chi connectivity index (χ3n) is 1.46. The van der Waals surface area contributed by atoms with E-state index in [1.807, 2.05) is 6.92 Å². The average molecular weight is 152 g/mol. The van der Waals surface area contributed by atoms with Crippen molar-refractivity contribution in [2.24, 2.45) is 0 Å². The van der Waals surface area contributed by atoms with Crippen LogP contribution < -0.4 is 0 Å². The second-order valence-corrected chi connectivity index (χ2v) is 3.68. The van der Waals surface area contributed by atoms with E-state index in [9.17, 15) is 0 Å². The third kappa shape index (κ3) is 0.762. The topological polar surface area (TPSA) is 13.1 Å². The first-order valence-corrected chi connectivity index (χ1v) is 4.04. The molecule has 0 atom stereocenters. The lowest BCUT2D eigenvalue weighted by Crippen LogP contribution is -1.54. The maximum Gasteiger partial charge on any atom is 0.188 e. The lowest BCUT2D eigenvalue weighted by Gasteiger charge is -1.76. The maximum atomic E-state index is 5.41. The quantitative estimate of drug-likeness (QED) is 0.565. The smallest absolute Gasteiger partial charge is 0.188 e. The van der Waals surface area contributed by atoms with Crippen molar-refractivity contribution in [3.05, 3.63) is 22.8 Å². The number of furan rings is 1. The predicted octanol–water partition coefficient (Wildman–Crippen LogP) is 3.11. The minimum Gasteiger partial charge on any atom is -0.451 e. The Morgan fingerprint density at radius 3 is 2.80 bits per heavy atom. The van der Waals surface area contributed by atoms with E-state index in [0.717, 1.165) is 10.7 Å². The Hall–Kier alpha value is -0.760. The highest BCUT2D eigenvalue weighted by Gasteiger charge is 2.01. The molecular formula is C8H8OS. The highest BCUT2D eigenvalue weighted by atomic mass is 32.1. The van der Waals surface area contributed by atoms with E-state index in [1.165, 1.54) is 10.3 Å². The number of hydrogen-bond donors (Lipinski definition) is 0. The molecular weight excluding hydrogens is 144 g/mol. The van der Waals surface area contributed by atoms with Gasteiger partial charge in [-0.1, -0.05) is 0 Å². The molecule has 0 aromatic carbocycles. The molecule has 2 heteroatoms. The fourth-order valence-electron chi connectivity index (χ4n) is 1.09. The molecule has 1 nitrogen and oxygen atoms in total. The van der Waals surface area contributed by atoms with Crippen LogP contribution in [0.25, 0.3) is 10.3 Å². The van der Waals surface area contributed by atoms with Crippen molar-refractivity contribution in [3.63, 3.8) is 0 Å². The molecule has 2 aromatic heterocycles. The summed E-state index contributed by atoms with van der Waals surface area (Å²) in [6, 6.07) is 4.22. The van der Waals surface area contributed by atoms with Crippen molar-refractivity contribution in [1.82, 2.24) is 0 Å². The number of thiophene rings is 1. The van der Waals surface area contributed by atoms with Gasteiger partial charge in [0.1, 0.15) is 5.76 Å². The second kappa shape index (κ2) is 1.86. The molecule has 0 saturated heterocycles. The summed E-state index contributed by atoms with van der Waals surface area (Å²) in [5.41, 5.74) is 0. The molecule has 0 radical (unpaired) electrons. The first-order chi connectivity index (χ1) is 4.75. The summed E-state index contributed by atoms with van der Waals surface area (Å²) in [4.78, 5) is 2.36. The summed E-state index contributed by atoms with van der Waals surface area (Å²) in [7, 11) is 0. The summed E-state index contributed by atoms with van der Waals surface area (Å²) in [6.07, 6.45) is 0. The Morgan fingerprint density at radius 1 is 1.30 bits per heavy atom. The molecule has 0 bridgehead atoms. The van der Waals surface area contributed by atoms with Crippen molar-refractivity contribution in [2.45, 2.75) is 13.8 Å². The minimum atomic E-state index is 1.00. The molecule has 0 fully saturated rings. The molecule has 0 amide bonds. The normalized spacial score (nSPS) is 11.0. The summed E-state index contributed by atoms with van der Waals surface area (Å²) >= 11 is 1.71. The van der Waals surface area contributed by atoms with E-state index in [0.29, 0.717) is 0 Å². The molecule has 2 rings (SSSR count). The zero-order chi connectivity index (χ0) is 7.14. The Balaban J connectivity index is 2.83. The molecule has 2 heterocycles. The minimum absolute atomic E-state index is 1.00. The van der Waals surface area contributed by atoms with Gasteiger partial charge in [0.2, 0.25) is 0 Å². The van der Waals surface area contributed by atoms with E-state index >= 15 is 0 Å². The zero-order valence-electron chi connectivity index (χ0n) is 5.97. The highest BCUT2D eigenvalue weighted by Crippen LogP contribution is 2.27. The number of hydrogen-bond acceptors (Lipinski definition) is 2. The van der Waals surface area contributed by atoms with Gasteiger partial charge in [0.25, 0.3) is 0 Å². The Labute approximate surface area is 63.3 Å². The highest BCUT2D eigenvalue weighted by molar-refractivity contribution is 7.18. The second-order valence-electron chi connectivity index (χ2n) is 2.46. The summed E-state index contributed by atoms with van der Waals surface area (Å²) in [6.45, 7) is 4.07. The predicted molar refractivity (Wildman–Crippen MR) is 43.6 cm³/mol. The SMILES string of the molecule is Cc1cc2cc(C)sc2o1. The van der Waals surface area contributed by atoms with Gasteiger partial charge in [-0.15, -0.1) is 11.3 Å². The van der Waals surface area contributed by atoms with Gasteiger partial charge >= 0.3 is 0 Å². The van der Waals surface area contributed by atoms with Crippen molar-refractivity contribution in [2.75, 3.05) is 0 Å². The maximum absolute atomic E-state index is 5.41. The van der Waals surface area contributed by atoms with Crippen molar-refractivity contribution >= 4 is 21.6 Å². The summed E-state index contributed by atoms with van der Waals surface area (Å²) in [5.74, 6) is 1.00. The first-order valence-electron chi connectivity index (χ1n) is 3.22. The van der Waals surface area contributed by atoms with E-state index in [2.05, 4.69) is 19.1 Å². The molecule has 0 spiro atoms. The Bertz CT molecular complexity index is 293. The van der Waals surface area contributed by atoms with Crippen LogP contribution in [0.5, 0.6) is 0 Å². The van der Waals surface area contributed by atoms with E-state index in [1.54, 1.807) is 11.3 Å². The largest absolute Gasteiger partial charge is 0.451 e. The van der Waals surface area contributed by atoms with E-state index in [-0.39, 0.29) is 0 Å². The van der Waals surface area contributed by atoms with Crippen LogP contribution in [0.1, 0.15) is 10.6 Å². The molecule has 10 heavy (non-hydrogen) atoms. The first kappa shape index (κ1) is 5.98. The average Bonchev–Trinajstić information content (AvgIpc) is 2.21. The van der Waals surface area contributed by atoms with Crippen LogP contribution in [0.2, 0.25) is 0 Å². The lowest BCUT2D eigenvalue weighted by atomic mass is 10.3. The van der Waals surface area contributed by atoms with Crippen LogP contribution in [-0.2, 0) is 0 Å². The number of fused-ring (bicyclic) bond motifs is 1. The van der Waals surface area contributed by atoms with Crippen LogP contribution in [0.4, 0.5) is 0 Å². The molecule has 0 unspecified atom stereocenters. The summed E-state index contributed by atoms with van der Waals surface area (Å²) in [5, 5.41) is 1.24. The van der Waals surface area contributed by atoms with Gasteiger partial charge in [0, 0.05) is 10.3 Å². The molecule has 0 aliphatic carbocycles. The van der Waals surface area contributed by atoms with Gasteiger partial charge in [0.05, 0.1) is 0 Å². The number of aryl methyl sites for hydroxylation is 2. The lowest BCUT2D eigenvalue weighted by molar-refractivity contribution is 0.585. The van der Waals surface area contributed by atoms with Gasteiger partial charge in [-0.25, -0.2) is 0 Å². The number of rotatable bonds is 0. The fourth-order valence-corrected chi connectivity index (χ4v) is 1.97. The van der Waals surface area contributed by atoms with Gasteiger partial charge < -0.3 is 4.42 Å². The molecule has 0 aliphatic rings. The standard InChI is InChI=1S/C8H8OS/c1-5-3-7-4-6(2)10-8(7)9-5/h3-4H,1-2H3. The van der Waals surface area contributed by atoms with Crippen molar-refractivity contribution in [3.8, 4) is 0 Å². The van der Waals surface area contributed by atoms with Gasteiger partial charge in [0.15, 0.2) is 4.90 Å². The van der Waals surface area contributed by atoms with Gasteiger partial charge in [-0.2, -0.15) is 0 Å². The fraction of sp³-hybridized carbons (Fsp3) is 0.250. The monoisotopic (exact) mass is 152 g/mol. The van der Waals surface area contributed by atoms with Crippen LogP contribution in [-0.4, -0.2) is 0 Å². The van der Waals surface area contributed by atoms with Crippen LogP contribution >= 0.6 is 11.3 Å². The van der Waals surface area contributed by atoms with Crippen molar-refractivity contribution < 1.29 is 4.42 Å². The Morgan fingerprint density at radius 2 is 2.10 bits per heavy atom. The molecule has 0 N–H and O–H groups in total. The van der Waals surface area contributed by atoms with Gasteiger partial charge in [-0.3, -0.25) is 0 Å². The van der Waals surface area contributed by atoms with Crippen molar-refractivity contribution in [1.29, 1.82) is 0 Å². The zero-order valence-corrected chi connectivity index (χ0v) is 6.79. The molecule has 0 aliphatic heterocycles. The third-order valence-corrected chi connectivity index (χ3v) is 2.40.